The van der Waals surface area contributed by atoms with Crippen LogP contribution in [0.2, 0.25) is 0 Å². The highest BCUT2D eigenvalue weighted by atomic mass is 16.3. The lowest BCUT2D eigenvalue weighted by molar-refractivity contribution is -0.131. The van der Waals surface area contributed by atoms with Gasteiger partial charge in [0.2, 0.25) is 11.8 Å². The molecule has 3 saturated heterocycles. The van der Waals surface area contributed by atoms with Crippen molar-refractivity contribution in [1.82, 2.24) is 24.6 Å². The van der Waals surface area contributed by atoms with E-state index in [0.29, 0.717) is 26.2 Å². The van der Waals surface area contributed by atoms with E-state index >= 15 is 0 Å². The van der Waals surface area contributed by atoms with Gasteiger partial charge in [0.05, 0.1) is 17.5 Å². The number of nitrogens with two attached hydrogens (primary N) is 1. The number of rotatable bonds is 11. The summed E-state index contributed by atoms with van der Waals surface area (Å²) in [6, 6.07) is 9.67. The number of carbonyl (C=O) groups is 3. The minimum Gasteiger partial charge on any atom is -0.390 e. The minimum atomic E-state index is -0.694. The first-order valence-electron chi connectivity index (χ1n) is 16.2. The Morgan fingerprint density at radius 3 is 2.48 bits per heavy atom. The predicted molar refractivity (Wildman–Crippen MR) is 169 cm³/mol. The molecule has 4 N–H and O–H groups in total. The monoisotopic (exact) mass is 608 g/mol. The van der Waals surface area contributed by atoms with Crippen LogP contribution in [-0.4, -0.2) is 106 Å². The number of nitrogens with one attached hydrogen (secondary N) is 1. The molecule has 0 radical (unpaired) electrons. The van der Waals surface area contributed by atoms with Crippen molar-refractivity contribution in [1.29, 1.82) is 0 Å². The van der Waals surface area contributed by atoms with Gasteiger partial charge in [-0.1, -0.05) is 18.2 Å². The Kier molecular flexibility index (Phi) is 10.1. The zero-order valence-electron chi connectivity index (χ0n) is 26.3. The molecule has 4 heterocycles. The van der Waals surface area contributed by atoms with Crippen LogP contribution in [0, 0.1) is 5.92 Å². The molecular formula is C33H48N6O5. The molecule has 11 nitrogen and oxygen atoms in total. The highest BCUT2D eigenvalue weighted by Gasteiger charge is 2.42. The average Bonchev–Trinajstić information content (AvgIpc) is 3.20. The molecule has 3 aliphatic rings. The van der Waals surface area contributed by atoms with E-state index in [1.165, 1.54) is 6.92 Å². The van der Waals surface area contributed by atoms with Crippen LogP contribution in [-0.2, 0) is 9.59 Å². The molecule has 1 aromatic heterocycles. The molecule has 240 valence electrons. The number of hydrogen-bond donors (Lipinski definition) is 3. The number of primary amides is 1. The van der Waals surface area contributed by atoms with Gasteiger partial charge in [-0.15, -0.1) is 0 Å². The second kappa shape index (κ2) is 13.8. The van der Waals surface area contributed by atoms with Gasteiger partial charge in [-0.05, 0) is 76.4 Å². The number of benzene rings is 1. The smallest absolute Gasteiger partial charge is 0.264 e. The maximum absolute atomic E-state index is 13.4. The molecule has 0 aliphatic carbocycles. The fraction of sp³-hybridized carbons (Fsp3) is 0.636. The molecule has 0 saturated carbocycles. The third kappa shape index (κ3) is 7.16. The molecule has 5 rings (SSSR count). The molecule has 3 aliphatic heterocycles. The van der Waals surface area contributed by atoms with Crippen LogP contribution in [0.5, 0.6) is 0 Å². The van der Waals surface area contributed by atoms with Gasteiger partial charge in [-0.2, -0.15) is 0 Å². The number of pyridine rings is 1. The van der Waals surface area contributed by atoms with Crippen molar-refractivity contribution in [3.05, 3.63) is 46.2 Å². The topological polar surface area (TPSA) is 141 Å². The number of para-hydroxylation sites is 1. The Labute approximate surface area is 259 Å². The number of aliphatic hydroxyl groups excluding tert-OH is 1. The predicted octanol–water partition coefficient (Wildman–Crippen LogP) is 1.71. The largest absolute Gasteiger partial charge is 0.390 e. The lowest BCUT2D eigenvalue weighted by Gasteiger charge is -2.40. The Morgan fingerprint density at radius 2 is 1.82 bits per heavy atom. The van der Waals surface area contributed by atoms with Crippen molar-refractivity contribution in [2.45, 2.75) is 89.6 Å². The van der Waals surface area contributed by atoms with Crippen molar-refractivity contribution in [2.24, 2.45) is 11.7 Å². The van der Waals surface area contributed by atoms with Crippen LogP contribution >= 0.6 is 0 Å². The maximum Gasteiger partial charge on any atom is 0.264 e. The Morgan fingerprint density at radius 1 is 1.11 bits per heavy atom. The normalized spacial score (nSPS) is 24.8. The Balaban J connectivity index is 1.16. The van der Waals surface area contributed by atoms with Crippen molar-refractivity contribution in [2.75, 3.05) is 39.3 Å². The number of amides is 3. The van der Waals surface area contributed by atoms with Gasteiger partial charge in [0.25, 0.3) is 11.5 Å². The summed E-state index contributed by atoms with van der Waals surface area (Å²) in [6.45, 7) is 8.77. The first-order valence-corrected chi connectivity index (χ1v) is 16.2. The summed E-state index contributed by atoms with van der Waals surface area (Å²) in [6.07, 6.45) is 4.53. The summed E-state index contributed by atoms with van der Waals surface area (Å²) >= 11 is 0. The van der Waals surface area contributed by atoms with Crippen molar-refractivity contribution in [3.8, 4) is 0 Å². The van der Waals surface area contributed by atoms with Gasteiger partial charge in [0.15, 0.2) is 0 Å². The van der Waals surface area contributed by atoms with E-state index < -0.39 is 6.10 Å². The van der Waals surface area contributed by atoms with E-state index in [2.05, 4.69) is 15.1 Å². The summed E-state index contributed by atoms with van der Waals surface area (Å²) in [4.78, 5) is 57.0. The number of hydrogen-bond acceptors (Lipinski definition) is 7. The number of likely N-dealkylation sites (tertiary alicyclic amines) is 1. The fourth-order valence-electron chi connectivity index (χ4n) is 7.60. The molecule has 1 aromatic carbocycles. The van der Waals surface area contributed by atoms with Gasteiger partial charge < -0.3 is 30.5 Å². The molecule has 5 atom stereocenters. The Hall–Kier alpha value is -3.28. The summed E-state index contributed by atoms with van der Waals surface area (Å²) in [5.41, 5.74) is 6.22. The Bertz CT molecular complexity index is 1410. The summed E-state index contributed by atoms with van der Waals surface area (Å²) < 4.78 is 1.69. The van der Waals surface area contributed by atoms with E-state index in [9.17, 15) is 24.3 Å². The zero-order valence-corrected chi connectivity index (χ0v) is 26.3. The first kappa shape index (κ1) is 32.1. The van der Waals surface area contributed by atoms with E-state index in [0.717, 1.165) is 56.0 Å². The fourth-order valence-corrected chi connectivity index (χ4v) is 7.60. The minimum absolute atomic E-state index is 0.0470. The molecular weight excluding hydrogens is 560 g/mol. The van der Waals surface area contributed by atoms with Gasteiger partial charge in [-0.25, -0.2) is 0 Å². The van der Waals surface area contributed by atoms with Gasteiger partial charge >= 0.3 is 0 Å². The van der Waals surface area contributed by atoms with Crippen molar-refractivity contribution in [3.63, 3.8) is 0 Å². The highest BCUT2D eigenvalue weighted by molar-refractivity contribution is 5.97. The number of carbonyl (C=O) groups excluding carboxylic acids is 3. The molecule has 2 bridgehead atoms. The summed E-state index contributed by atoms with van der Waals surface area (Å²) in [5.74, 6) is -0.827. The molecule has 11 heteroatoms. The van der Waals surface area contributed by atoms with Crippen LogP contribution in [0.4, 0.5) is 0 Å². The molecule has 2 aromatic rings. The summed E-state index contributed by atoms with van der Waals surface area (Å²) in [5, 5.41) is 15.1. The molecule has 0 spiro atoms. The number of aromatic nitrogens is 1. The lowest BCUT2D eigenvalue weighted by atomic mass is 9.96. The second-order valence-electron chi connectivity index (χ2n) is 13.3. The van der Waals surface area contributed by atoms with Crippen LogP contribution in [0.3, 0.4) is 0 Å². The first-order chi connectivity index (χ1) is 21.0. The third-order valence-electron chi connectivity index (χ3n) is 9.82. The van der Waals surface area contributed by atoms with Crippen LogP contribution in [0.25, 0.3) is 10.9 Å². The van der Waals surface area contributed by atoms with Crippen LogP contribution in [0.1, 0.15) is 75.7 Å². The lowest BCUT2D eigenvalue weighted by Crippen LogP contribution is -2.54. The van der Waals surface area contributed by atoms with E-state index in [1.807, 2.05) is 38.1 Å². The van der Waals surface area contributed by atoms with Crippen molar-refractivity contribution < 1.29 is 19.5 Å². The standard InChI is InChI=1S/C33H48N6O5/c1-21(2)39-30-9-5-4-7-23(30)15-29(33(39)44)32(43)35-25-16-26-10-11-27(17-25)38(26)20-28(41)19-37(22(3)40)14-13-36-12-6-8-24(18-36)31(34)42/h4-5,7,9,15,21,24-28,41H,6,8,10-14,16-20H2,1-3H3,(H2,34,42)(H,35,43)/t24?,25?,26-,27+,28?. The SMILES string of the molecule is CC(=O)N(CCN1CCCC(C(N)=O)C1)CC(O)CN1[C@@H]2CC[C@H]1CC(NC(=O)c1cc3ccccc3n(C(C)C)c1=O)C2. The molecule has 3 fully saturated rings. The summed E-state index contributed by atoms with van der Waals surface area (Å²) in [7, 11) is 0. The van der Waals surface area contributed by atoms with Crippen molar-refractivity contribution >= 4 is 28.6 Å². The second-order valence-corrected chi connectivity index (χ2v) is 13.3. The van der Waals surface area contributed by atoms with E-state index in [-0.39, 0.29) is 65.5 Å². The molecule has 44 heavy (non-hydrogen) atoms. The highest BCUT2D eigenvalue weighted by Crippen LogP contribution is 2.36. The van der Waals surface area contributed by atoms with E-state index in [4.69, 9.17) is 5.73 Å². The maximum atomic E-state index is 13.4. The number of nitrogens with zero attached hydrogens (tertiary/aromatic N) is 4. The van der Waals surface area contributed by atoms with Crippen LogP contribution < -0.4 is 16.6 Å². The quantitative estimate of drug-likeness (QED) is 0.353. The average molecular weight is 609 g/mol. The van der Waals surface area contributed by atoms with Gasteiger partial charge in [0.1, 0.15) is 5.56 Å². The number of piperidine rings is 2. The van der Waals surface area contributed by atoms with Gasteiger partial charge in [-0.3, -0.25) is 24.1 Å². The molecule has 3 amide bonds. The zero-order chi connectivity index (χ0) is 31.5. The number of fused-ring (bicyclic) bond motifs is 3. The van der Waals surface area contributed by atoms with Gasteiger partial charge in [0, 0.05) is 63.8 Å². The van der Waals surface area contributed by atoms with E-state index in [1.54, 1.807) is 15.5 Å². The van der Waals surface area contributed by atoms with Crippen LogP contribution in [0.15, 0.2) is 35.1 Å². The molecule has 3 unspecified atom stereocenters. The third-order valence-corrected chi connectivity index (χ3v) is 9.82. The number of aliphatic hydroxyl groups is 1.